The molecule has 17 heavy (non-hydrogen) atoms. The molecule has 102 valence electrons. The summed E-state index contributed by atoms with van der Waals surface area (Å²) < 4.78 is 36.3. The van der Waals surface area contributed by atoms with Crippen LogP contribution in [0, 0.1) is 0 Å². The van der Waals surface area contributed by atoms with E-state index in [1.807, 2.05) is 18.8 Å². The summed E-state index contributed by atoms with van der Waals surface area (Å²) in [4.78, 5) is 2.26. The van der Waals surface area contributed by atoms with E-state index in [0.29, 0.717) is 12.5 Å². The van der Waals surface area contributed by atoms with Crippen molar-refractivity contribution in [1.29, 1.82) is 0 Å². The summed E-state index contributed by atoms with van der Waals surface area (Å²) in [6, 6.07) is 0.516. The standard InChI is InChI=1S/C11H21F3N2S/c1-15-9(4-3-5-11(12,13)14)10-8-17-7-6-16(10)2/h9-10,15H,3-8H2,1-2H3. The Morgan fingerprint density at radius 1 is 1.47 bits per heavy atom. The lowest BCUT2D eigenvalue weighted by molar-refractivity contribution is -0.136. The molecule has 1 rings (SSSR count). The fourth-order valence-electron chi connectivity index (χ4n) is 2.18. The molecule has 1 heterocycles. The molecule has 0 spiro atoms. The minimum atomic E-state index is -4.02. The van der Waals surface area contributed by atoms with Crippen LogP contribution in [0.15, 0.2) is 0 Å². The maximum Gasteiger partial charge on any atom is 0.389 e. The molecular formula is C11H21F3N2S. The molecule has 0 aromatic carbocycles. The Morgan fingerprint density at radius 3 is 2.71 bits per heavy atom. The van der Waals surface area contributed by atoms with Crippen LogP contribution in [0.1, 0.15) is 19.3 Å². The van der Waals surface area contributed by atoms with E-state index >= 15 is 0 Å². The minimum Gasteiger partial charge on any atom is -0.315 e. The van der Waals surface area contributed by atoms with Gasteiger partial charge in [-0.2, -0.15) is 24.9 Å². The summed E-state index contributed by atoms with van der Waals surface area (Å²) >= 11 is 1.89. The highest BCUT2D eigenvalue weighted by Gasteiger charge is 2.30. The van der Waals surface area contributed by atoms with Crippen molar-refractivity contribution in [3.8, 4) is 0 Å². The van der Waals surface area contributed by atoms with Gasteiger partial charge < -0.3 is 10.2 Å². The summed E-state index contributed by atoms with van der Waals surface area (Å²) in [5.74, 6) is 2.13. The van der Waals surface area contributed by atoms with Crippen LogP contribution in [-0.2, 0) is 0 Å². The first-order chi connectivity index (χ1) is 7.94. The van der Waals surface area contributed by atoms with Crippen molar-refractivity contribution < 1.29 is 13.2 Å². The molecule has 0 amide bonds. The smallest absolute Gasteiger partial charge is 0.315 e. The number of rotatable bonds is 5. The van der Waals surface area contributed by atoms with E-state index in [0.717, 1.165) is 18.1 Å². The molecule has 1 N–H and O–H groups in total. The minimum absolute atomic E-state index is 0.162. The first-order valence-electron chi connectivity index (χ1n) is 5.96. The first kappa shape index (κ1) is 15.1. The van der Waals surface area contributed by atoms with Crippen molar-refractivity contribution in [3.05, 3.63) is 0 Å². The van der Waals surface area contributed by atoms with Crippen molar-refractivity contribution >= 4 is 11.8 Å². The molecule has 1 fully saturated rings. The van der Waals surface area contributed by atoms with Gasteiger partial charge in [-0.05, 0) is 26.9 Å². The highest BCUT2D eigenvalue weighted by atomic mass is 32.2. The number of halogens is 3. The number of hydrogen-bond donors (Lipinski definition) is 1. The zero-order chi connectivity index (χ0) is 12.9. The Bertz CT molecular complexity index is 223. The number of nitrogens with one attached hydrogen (secondary N) is 1. The number of likely N-dealkylation sites (N-methyl/N-ethyl adjacent to an activating group) is 2. The zero-order valence-electron chi connectivity index (χ0n) is 10.4. The van der Waals surface area contributed by atoms with Gasteiger partial charge >= 0.3 is 6.18 Å². The van der Waals surface area contributed by atoms with Crippen molar-refractivity contribution in [3.63, 3.8) is 0 Å². The fourth-order valence-corrected chi connectivity index (χ4v) is 3.49. The Morgan fingerprint density at radius 2 is 2.18 bits per heavy atom. The van der Waals surface area contributed by atoms with Crippen LogP contribution in [0.5, 0.6) is 0 Å². The number of thioether (sulfide) groups is 1. The van der Waals surface area contributed by atoms with Crippen LogP contribution in [-0.4, -0.2) is 55.3 Å². The van der Waals surface area contributed by atoms with E-state index < -0.39 is 12.6 Å². The van der Waals surface area contributed by atoms with E-state index in [1.54, 1.807) is 0 Å². The number of alkyl halides is 3. The Labute approximate surface area is 105 Å². The largest absolute Gasteiger partial charge is 0.389 e. The number of hydrogen-bond acceptors (Lipinski definition) is 3. The lowest BCUT2D eigenvalue weighted by Gasteiger charge is -2.37. The Kier molecular flexibility index (Phi) is 6.09. The monoisotopic (exact) mass is 270 g/mol. The molecule has 2 atom stereocenters. The maximum atomic E-state index is 12.1. The summed E-state index contributed by atoms with van der Waals surface area (Å²) in [5.41, 5.74) is 0. The second-order valence-electron chi connectivity index (χ2n) is 4.53. The predicted octanol–water partition coefficient (Wildman–Crippen LogP) is 2.35. The van der Waals surface area contributed by atoms with Gasteiger partial charge in [0, 0.05) is 36.6 Å². The van der Waals surface area contributed by atoms with E-state index in [-0.39, 0.29) is 12.5 Å². The molecule has 2 unspecified atom stereocenters. The van der Waals surface area contributed by atoms with Gasteiger partial charge in [0.15, 0.2) is 0 Å². The maximum absolute atomic E-state index is 12.1. The van der Waals surface area contributed by atoms with Gasteiger partial charge in [-0.15, -0.1) is 0 Å². The van der Waals surface area contributed by atoms with Gasteiger partial charge in [-0.25, -0.2) is 0 Å². The Balaban J connectivity index is 2.36. The zero-order valence-corrected chi connectivity index (χ0v) is 11.2. The first-order valence-corrected chi connectivity index (χ1v) is 7.11. The van der Waals surface area contributed by atoms with Crippen LogP contribution in [0.4, 0.5) is 13.2 Å². The summed E-state index contributed by atoms with van der Waals surface area (Å²) in [6.07, 6.45) is -3.89. The average molecular weight is 270 g/mol. The highest BCUT2D eigenvalue weighted by molar-refractivity contribution is 7.99. The van der Waals surface area contributed by atoms with Crippen molar-refractivity contribution in [2.45, 2.75) is 37.5 Å². The normalized spacial score (nSPS) is 24.9. The molecule has 2 nitrogen and oxygen atoms in total. The molecule has 0 bridgehead atoms. The highest BCUT2D eigenvalue weighted by Crippen LogP contribution is 2.25. The predicted molar refractivity (Wildman–Crippen MR) is 66.5 cm³/mol. The molecular weight excluding hydrogens is 249 g/mol. The molecule has 1 aliphatic rings. The van der Waals surface area contributed by atoms with Crippen LogP contribution in [0.25, 0.3) is 0 Å². The number of nitrogens with zero attached hydrogens (tertiary/aromatic N) is 1. The van der Waals surface area contributed by atoms with Crippen molar-refractivity contribution in [1.82, 2.24) is 10.2 Å². The molecule has 1 saturated heterocycles. The Hall–Kier alpha value is 0.0600. The van der Waals surface area contributed by atoms with Gasteiger partial charge in [-0.1, -0.05) is 0 Å². The SMILES string of the molecule is CNC(CCCC(F)(F)F)C1CSCCN1C. The van der Waals surface area contributed by atoms with E-state index in [2.05, 4.69) is 17.3 Å². The van der Waals surface area contributed by atoms with Crippen LogP contribution >= 0.6 is 11.8 Å². The van der Waals surface area contributed by atoms with Crippen molar-refractivity contribution in [2.75, 3.05) is 32.1 Å². The van der Waals surface area contributed by atoms with Crippen LogP contribution < -0.4 is 5.32 Å². The topological polar surface area (TPSA) is 15.3 Å². The third-order valence-electron chi connectivity index (χ3n) is 3.25. The van der Waals surface area contributed by atoms with Gasteiger partial charge in [0.25, 0.3) is 0 Å². The molecule has 0 aromatic heterocycles. The van der Waals surface area contributed by atoms with Crippen molar-refractivity contribution in [2.24, 2.45) is 0 Å². The van der Waals surface area contributed by atoms with Gasteiger partial charge in [-0.3, -0.25) is 0 Å². The molecule has 0 aliphatic carbocycles. The lowest BCUT2D eigenvalue weighted by atomic mass is 10.0. The van der Waals surface area contributed by atoms with E-state index in [9.17, 15) is 13.2 Å². The molecule has 1 aliphatic heterocycles. The third-order valence-corrected chi connectivity index (χ3v) is 4.30. The molecule has 0 aromatic rings. The van der Waals surface area contributed by atoms with Gasteiger partial charge in [0.2, 0.25) is 0 Å². The van der Waals surface area contributed by atoms with Gasteiger partial charge in [0.05, 0.1) is 0 Å². The third kappa shape index (κ3) is 5.48. The molecule has 0 radical (unpaired) electrons. The summed E-state index contributed by atoms with van der Waals surface area (Å²) in [5, 5.41) is 3.17. The lowest BCUT2D eigenvalue weighted by Crippen LogP contribution is -2.51. The quantitative estimate of drug-likeness (QED) is 0.825. The summed E-state index contributed by atoms with van der Waals surface area (Å²) in [6.45, 7) is 1.02. The summed E-state index contributed by atoms with van der Waals surface area (Å²) in [7, 11) is 3.89. The van der Waals surface area contributed by atoms with Crippen LogP contribution in [0.3, 0.4) is 0 Å². The van der Waals surface area contributed by atoms with E-state index in [4.69, 9.17) is 0 Å². The van der Waals surface area contributed by atoms with Crippen LogP contribution in [0.2, 0.25) is 0 Å². The fraction of sp³-hybridized carbons (Fsp3) is 1.00. The average Bonchev–Trinajstić information content (AvgIpc) is 2.24. The second kappa shape index (κ2) is 6.85. The van der Waals surface area contributed by atoms with E-state index in [1.165, 1.54) is 0 Å². The molecule has 6 heteroatoms. The molecule has 0 saturated carbocycles. The second-order valence-corrected chi connectivity index (χ2v) is 5.68. The van der Waals surface area contributed by atoms with Gasteiger partial charge in [0.1, 0.15) is 0 Å².